The molecule has 0 saturated carbocycles. The van der Waals surface area contributed by atoms with Crippen molar-refractivity contribution in [1.29, 1.82) is 0 Å². The summed E-state index contributed by atoms with van der Waals surface area (Å²) >= 11 is 5.99. The van der Waals surface area contributed by atoms with Crippen LogP contribution in [0.15, 0.2) is 77.7 Å². The summed E-state index contributed by atoms with van der Waals surface area (Å²) in [6, 6.07) is 20.7. The molecule has 7 heteroatoms. The van der Waals surface area contributed by atoms with Gasteiger partial charge in [0, 0.05) is 5.02 Å². The van der Waals surface area contributed by atoms with Crippen molar-refractivity contribution < 1.29 is 13.2 Å². The van der Waals surface area contributed by atoms with Crippen molar-refractivity contribution >= 4 is 33.2 Å². The Labute approximate surface area is 195 Å². The zero-order valence-corrected chi connectivity index (χ0v) is 20.0. The van der Waals surface area contributed by atoms with Crippen LogP contribution in [0.5, 0.6) is 0 Å². The van der Waals surface area contributed by atoms with Crippen LogP contribution in [0.25, 0.3) is 0 Å². The first-order valence-electron chi connectivity index (χ1n) is 10.4. The van der Waals surface area contributed by atoms with E-state index in [0.717, 1.165) is 21.0 Å². The van der Waals surface area contributed by atoms with Crippen molar-refractivity contribution in [2.75, 3.05) is 10.8 Å². The molecule has 0 bridgehead atoms. The molecule has 0 radical (unpaired) electrons. The molecule has 0 unspecified atom stereocenters. The van der Waals surface area contributed by atoms with Crippen molar-refractivity contribution in [1.82, 2.24) is 5.32 Å². The Kier molecular flexibility index (Phi) is 7.59. The van der Waals surface area contributed by atoms with Crippen molar-refractivity contribution in [2.24, 2.45) is 0 Å². The van der Waals surface area contributed by atoms with Gasteiger partial charge in [-0.3, -0.25) is 9.10 Å². The van der Waals surface area contributed by atoms with Crippen molar-refractivity contribution in [3.05, 3.63) is 94.5 Å². The number of rotatable bonds is 8. The number of amides is 1. The van der Waals surface area contributed by atoms with Crippen molar-refractivity contribution in [3.8, 4) is 0 Å². The molecule has 5 nitrogen and oxygen atoms in total. The summed E-state index contributed by atoms with van der Waals surface area (Å²) in [6.07, 6.45) is 0.681. The number of hydrogen-bond acceptors (Lipinski definition) is 3. The smallest absolute Gasteiger partial charge is 0.264 e. The molecule has 0 saturated heterocycles. The molecule has 3 aromatic carbocycles. The highest BCUT2D eigenvalue weighted by atomic mass is 35.5. The average Bonchev–Trinajstić information content (AvgIpc) is 2.77. The second kappa shape index (κ2) is 10.2. The van der Waals surface area contributed by atoms with E-state index >= 15 is 0 Å². The van der Waals surface area contributed by atoms with Gasteiger partial charge in [-0.05, 0) is 62.2 Å². The van der Waals surface area contributed by atoms with Gasteiger partial charge in [-0.2, -0.15) is 0 Å². The maximum absolute atomic E-state index is 13.4. The number of halogens is 1. The van der Waals surface area contributed by atoms with Crippen molar-refractivity contribution in [3.63, 3.8) is 0 Å². The first kappa shape index (κ1) is 23.8. The second-order valence-electron chi connectivity index (χ2n) is 7.74. The van der Waals surface area contributed by atoms with Crippen LogP contribution in [0, 0.1) is 13.8 Å². The number of carbonyl (C=O) groups excluding carboxylic acids is 1. The molecule has 168 valence electrons. The van der Waals surface area contributed by atoms with Crippen LogP contribution in [0.2, 0.25) is 5.02 Å². The van der Waals surface area contributed by atoms with E-state index in [9.17, 15) is 13.2 Å². The third-order valence-electron chi connectivity index (χ3n) is 5.23. The van der Waals surface area contributed by atoms with Gasteiger partial charge in [0.05, 0.1) is 16.6 Å². The van der Waals surface area contributed by atoms with Gasteiger partial charge in [0.2, 0.25) is 5.91 Å². The number of benzene rings is 3. The van der Waals surface area contributed by atoms with E-state index in [0.29, 0.717) is 17.1 Å². The summed E-state index contributed by atoms with van der Waals surface area (Å²) < 4.78 is 28.0. The minimum atomic E-state index is -3.96. The Morgan fingerprint density at radius 2 is 1.44 bits per heavy atom. The summed E-state index contributed by atoms with van der Waals surface area (Å²) in [5.74, 6) is -0.386. The van der Waals surface area contributed by atoms with E-state index in [1.165, 1.54) is 0 Å². The fourth-order valence-electron chi connectivity index (χ4n) is 3.35. The number of aryl methyl sites for hydroxylation is 2. The molecule has 0 aliphatic rings. The highest BCUT2D eigenvalue weighted by molar-refractivity contribution is 7.92. The molecule has 0 aliphatic carbocycles. The van der Waals surface area contributed by atoms with E-state index in [4.69, 9.17) is 11.6 Å². The number of hydrogen-bond donors (Lipinski definition) is 1. The van der Waals surface area contributed by atoms with Crippen molar-refractivity contribution in [2.45, 2.75) is 38.1 Å². The molecule has 1 atom stereocenters. The highest BCUT2D eigenvalue weighted by Gasteiger charge is 2.28. The number of nitrogens with zero attached hydrogens (tertiary/aromatic N) is 1. The van der Waals surface area contributed by atoms with E-state index in [-0.39, 0.29) is 23.4 Å². The average molecular weight is 471 g/mol. The minimum Gasteiger partial charge on any atom is -0.348 e. The molecule has 3 rings (SSSR count). The molecular formula is C25H27ClN2O3S. The topological polar surface area (TPSA) is 66.5 Å². The lowest BCUT2D eigenvalue weighted by Crippen LogP contribution is -2.42. The number of anilines is 1. The maximum Gasteiger partial charge on any atom is 0.264 e. The van der Waals surface area contributed by atoms with Crippen LogP contribution >= 0.6 is 11.6 Å². The number of sulfonamides is 1. The van der Waals surface area contributed by atoms with E-state index < -0.39 is 10.0 Å². The normalized spacial score (nSPS) is 12.2. The van der Waals surface area contributed by atoms with Crippen LogP contribution in [0.1, 0.15) is 36.1 Å². The van der Waals surface area contributed by atoms with Gasteiger partial charge >= 0.3 is 0 Å². The molecule has 0 fully saturated rings. The Morgan fingerprint density at radius 3 is 1.97 bits per heavy atom. The molecule has 3 aromatic rings. The summed E-state index contributed by atoms with van der Waals surface area (Å²) in [5.41, 5.74) is 3.43. The fraction of sp³-hybridized carbons (Fsp3) is 0.240. The molecule has 1 amide bonds. The van der Waals surface area contributed by atoms with E-state index in [2.05, 4.69) is 5.32 Å². The van der Waals surface area contributed by atoms with Crippen LogP contribution in [0.4, 0.5) is 5.69 Å². The molecule has 0 spiro atoms. The van der Waals surface area contributed by atoms with E-state index in [1.807, 2.05) is 45.0 Å². The van der Waals surface area contributed by atoms with Gasteiger partial charge < -0.3 is 5.32 Å². The first-order chi connectivity index (χ1) is 15.2. The monoisotopic (exact) mass is 470 g/mol. The van der Waals surface area contributed by atoms with Crippen LogP contribution in [-0.2, 0) is 14.8 Å². The lowest BCUT2D eigenvalue weighted by molar-refractivity contribution is -0.120. The molecule has 1 N–H and O–H groups in total. The highest BCUT2D eigenvalue weighted by Crippen LogP contribution is 2.26. The molecule has 0 aliphatic heterocycles. The van der Waals surface area contributed by atoms with Gasteiger partial charge in [0.25, 0.3) is 10.0 Å². The summed E-state index contributed by atoms with van der Waals surface area (Å²) in [6.45, 7) is 5.52. The summed E-state index contributed by atoms with van der Waals surface area (Å²) in [5, 5.41) is 3.46. The lowest BCUT2D eigenvalue weighted by atomic mass is 10.0. The zero-order valence-electron chi connectivity index (χ0n) is 18.4. The van der Waals surface area contributed by atoms with Crippen LogP contribution < -0.4 is 9.62 Å². The largest absolute Gasteiger partial charge is 0.348 e. The number of carbonyl (C=O) groups is 1. The quantitative estimate of drug-likeness (QED) is 0.478. The zero-order chi connectivity index (χ0) is 23.3. The summed E-state index contributed by atoms with van der Waals surface area (Å²) in [4.78, 5) is 13.1. The Morgan fingerprint density at radius 1 is 0.906 bits per heavy atom. The van der Waals surface area contributed by atoms with Gasteiger partial charge in [-0.1, -0.05) is 66.0 Å². The second-order valence-corrected chi connectivity index (χ2v) is 10.0. The summed E-state index contributed by atoms with van der Waals surface area (Å²) in [7, 11) is -3.96. The van der Waals surface area contributed by atoms with Crippen LogP contribution in [-0.4, -0.2) is 20.9 Å². The fourth-order valence-corrected chi connectivity index (χ4v) is 4.90. The number of nitrogens with one attached hydrogen (secondary N) is 1. The van der Waals surface area contributed by atoms with Gasteiger partial charge in [-0.25, -0.2) is 8.42 Å². The van der Waals surface area contributed by atoms with Gasteiger partial charge in [-0.15, -0.1) is 0 Å². The van der Waals surface area contributed by atoms with Gasteiger partial charge in [0.1, 0.15) is 6.54 Å². The van der Waals surface area contributed by atoms with Crippen LogP contribution in [0.3, 0.4) is 0 Å². The first-order valence-corrected chi connectivity index (χ1v) is 12.2. The predicted molar refractivity (Wildman–Crippen MR) is 130 cm³/mol. The Balaban J connectivity index is 1.89. The molecule has 0 heterocycles. The lowest BCUT2D eigenvalue weighted by Gasteiger charge is -2.26. The van der Waals surface area contributed by atoms with Gasteiger partial charge in [0.15, 0.2) is 0 Å². The van der Waals surface area contributed by atoms with E-state index in [1.54, 1.807) is 48.5 Å². The third-order valence-corrected chi connectivity index (χ3v) is 7.27. The predicted octanol–water partition coefficient (Wildman–Crippen LogP) is 5.42. The standard InChI is InChI=1S/C25H27ClN2O3S/c1-4-24(20-9-5-18(2)6-10-20)27-25(29)17-28(22-13-11-21(26)12-14-22)32(30,31)23-15-7-19(3)8-16-23/h5-16,24H,4,17H2,1-3H3,(H,27,29)/t24-/m1/s1. The SMILES string of the molecule is CC[C@@H](NC(=O)CN(c1ccc(Cl)cc1)S(=O)(=O)c1ccc(C)cc1)c1ccc(C)cc1. The molecular weight excluding hydrogens is 444 g/mol. The minimum absolute atomic E-state index is 0.122. The Bertz CT molecular complexity index is 1160. The molecule has 0 aromatic heterocycles. The molecule has 32 heavy (non-hydrogen) atoms. The maximum atomic E-state index is 13.4. The third kappa shape index (κ3) is 5.69. The Hall–Kier alpha value is -2.83.